The molecule has 1 aromatic carbocycles. The third kappa shape index (κ3) is 3.61. The number of benzene rings is 1. The number of hydrogen-bond donors (Lipinski definition) is 1. The quantitative estimate of drug-likeness (QED) is 0.255. The molecule has 2 rings (SSSR count). The minimum absolute atomic E-state index is 0.100. The van der Waals surface area contributed by atoms with Gasteiger partial charge < -0.3 is 9.47 Å². The summed E-state index contributed by atoms with van der Waals surface area (Å²) in [6.07, 6.45) is 0. The van der Waals surface area contributed by atoms with E-state index in [1.54, 1.807) is 13.8 Å². The summed E-state index contributed by atoms with van der Waals surface area (Å²) >= 11 is 0. The Kier molecular flexibility index (Phi) is 6.12. The number of likely N-dealkylation sites (tertiary alicyclic amines) is 1. The van der Waals surface area contributed by atoms with Crippen LogP contribution in [0.3, 0.4) is 0 Å². The van der Waals surface area contributed by atoms with Crippen molar-refractivity contribution in [1.82, 2.24) is 10.4 Å². The number of rotatable bonds is 7. The fraction of sp³-hybridized carbons (Fsp3) is 0.389. The standard InChI is InChI=1S/C18H22N2O6/c1-12(2)14(15(21)24-3)20-11-18(25-4,17(20)23)16(22)19-26-10-13-8-6-5-7-9-13/h5-9H,10-11H2,1-4H3,(H,19,22). The number of β-lactam (4-membered cyclic amide) rings is 1. The summed E-state index contributed by atoms with van der Waals surface area (Å²) < 4.78 is 9.86. The molecular formula is C18H22N2O6. The molecule has 0 aliphatic carbocycles. The molecule has 1 aromatic rings. The van der Waals surface area contributed by atoms with E-state index in [0.29, 0.717) is 5.57 Å². The highest BCUT2D eigenvalue weighted by Gasteiger charge is 2.61. The topological polar surface area (TPSA) is 94.2 Å². The van der Waals surface area contributed by atoms with Crippen molar-refractivity contribution in [2.24, 2.45) is 0 Å². The van der Waals surface area contributed by atoms with Gasteiger partial charge in [-0.05, 0) is 25.0 Å². The zero-order valence-electron chi connectivity index (χ0n) is 15.2. The lowest BCUT2D eigenvalue weighted by Crippen LogP contribution is -2.73. The van der Waals surface area contributed by atoms with Crippen LogP contribution in [0.2, 0.25) is 0 Å². The van der Waals surface area contributed by atoms with E-state index in [4.69, 9.17) is 14.3 Å². The number of allylic oxidation sites excluding steroid dienone is 1. The average Bonchev–Trinajstić information content (AvgIpc) is 2.64. The van der Waals surface area contributed by atoms with Gasteiger partial charge in [0.15, 0.2) is 0 Å². The van der Waals surface area contributed by atoms with Crippen LogP contribution in [0.25, 0.3) is 0 Å². The Morgan fingerprint density at radius 3 is 2.35 bits per heavy atom. The van der Waals surface area contributed by atoms with E-state index in [1.165, 1.54) is 19.1 Å². The van der Waals surface area contributed by atoms with Gasteiger partial charge in [-0.25, -0.2) is 10.3 Å². The molecule has 1 atom stereocenters. The first-order valence-corrected chi connectivity index (χ1v) is 7.96. The number of amides is 2. The zero-order valence-corrected chi connectivity index (χ0v) is 15.2. The Balaban J connectivity index is 2.03. The second kappa shape index (κ2) is 8.11. The third-order valence-electron chi connectivity index (χ3n) is 4.06. The summed E-state index contributed by atoms with van der Waals surface area (Å²) in [5.41, 5.74) is 2.07. The van der Waals surface area contributed by atoms with Gasteiger partial charge >= 0.3 is 5.97 Å². The molecule has 1 saturated heterocycles. The van der Waals surface area contributed by atoms with Gasteiger partial charge in [0, 0.05) is 7.11 Å². The molecule has 8 nitrogen and oxygen atoms in total. The first kappa shape index (κ1) is 19.6. The SMILES string of the molecule is COC(=O)C(=C(C)C)N1CC(OC)(C(=O)NOCc2ccccc2)C1=O. The van der Waals surface area contributed by atoms with Crippen LogP contribution in [0.5, 0.6) is 0 Å². The van der Waals surface area contributed by atoms with E-state index in [9.17, 15) is 14.4 Å². The molecular weight excluding hydrogens is 340 g/mol. The molecule has 1 aliphatic rings. The second-order valence-electron chi connectivity index (χ2n) is 5.97. The number of ether oxygens (including phenoxy) is 2. The fourth-order valence-electron chi connectivity index (χ4n) is 2.61. The number of nitrogens with zero attached hydrogens (tertiary/aromatic N) is 1. The number of methoxy groups -OCH3 is 2. The Labute approximate surface area is 151 Å². The predicted molar refractivity (Wildman–Crippen MR) is 91.2 cm³/mol. The van der Waals surface area contributed by atoms with E-state index in [2.05, 4.69) is 5.48 Å². The summed E-state index contributed by atoms with van der Waals surface area (Å²) in [5, 5.41) is 0. The molecule has 26 heavy (non-hydrogen) atoms. The monoisotopic (exact) mass is 362 g/mol. The van der Waals surface area contributed by atoms with Gasteiger partial charge in [0.1, 0.15) is 5.70 Å². The lowest BCUT2D eigenvalue weighted by atomic mass is 9.90. The second-order valence-corrected chi connectivity index (χ2v) is 5.97. The molecule has 140 valence electrons. The van der Waals surface area contributed by atoms with Crippen LogP contribution in [-0.4, -0.2) is 49.0 Å². The molecule has 0 bridgehead atoms. The van der Waals surface area contributed by atoms with Crippen LogP contribution in [-0.2, 0) is 35.3 Å². The first-order chi connectivity index (χ1) is 12.4. The van der Waals surface area contributed by atoms with Gasteiger partial charge in [-0.2, -0.15) is 0 Å². The molecule has 0 saturated carbocycles. The predicted octanol–water partition coefficient (Wildman–Crippen LogP) is 0.929. The molecule has 1 aliphatic heterocycles. The number of hydroxylamine groups is 1. The summed E-state index contributed by atoms with van der Waals surface area (Å²) in [5.74, 6) is -2.03. The smallest absolute Gasteiger partial charge is 0.354 e. The Bertz CT molecular complexity index is 726. The number of carbonyl (C=O) groups excluding carboxylic acids is 3. The molecule has 1 N–H and O–H groups in total. The molecule has 8 heteroatoms. The zero-order chi connectivity index (χ0) is 19.3. The number of esters is 1. The maximum Gasteiger partial charge on any atom is 0.354 e. The lowest BCUT2D eigenvalue weighted by molar-refractivity contribution is -0.190. The van der Waals surface area contributed by atoms with Crippen LogP contribution in [0.1, 0.15) is 19.4 Å². The summed E-state index contributed by atoms with van der Waals surface area (Å²) in [6, 6.07) is 9.24. The van der Waals surface area contributed by atoms with E-state index in [-0.39, 0.29) is 18.8 Å². The van der Waals surface area contributed by atoms with Crippen molar-refractivity contribution in [1.29, 1.82) is 0 Å². The minimum Gasteiger partial charge on any atom is -0.464 e. The van der Waals surface area contributed by atoms with Crippen molar-refractivity contribution in [3.05, 3.63) is 47.2 Å². The van der Waals surface area contributed by atoms with Gasteiger partial charge in [0.2, 0.25) is 5.60 Å². The van der Waals surface area contributed by atoms with Crippen LogP contribution in [0, 0.1) is 0 Å². The maximum atomic E-state index is 12.6. The fourth-order valence-corrected chi connectivity index (χ4v) is 2.61. The van der Waals surface area contributed by atoms with Crippen molar-refractivity contribution >= 4 is 17.8 Å². The van der Waals surface area contributed by atoms with Gasteiger partial charge in [-0.15, -0.1) is 0 Å². The van der Waals surface area contributed by atoms with Crippen molar-refractivity contribution < 1.29 is 28.7 Å². The highest BCUT2D eigenvalue weighted by Crippen LogP contribution is 2.32. The van der Waals surface area contributed by atoms with Crippen molar-refractivity contribution in [2.75, 3.05) is 20.8 Å². The van der Waals surface area contributed by atoms with Crippen molar-refractivity contribution in [3.63, 3.8) is 0 Å². The number of hydrogen-bond acceptors (Lipinski definition) is 6. The van der Waals surface area contributed by atoms with Crippen molar-refractivity contribution in [3.8, 4) is 0 Å². The summed E-state index contributed by atoms with van der Waals surface area (Å²) in [4.78, 5) is 43.2. The van der Waals surface area contributed by atoms with E-state index >= 15 is 0 Å². The van der Waals surface area contributed by atoms with E-state index in [0.717, 1.165) is 5.56 Å². The number of nitrogens with one attached hydrogen (secondary N) is 1. The van der Waals surface area contributed by atoms with Crippen LogP contribution in [0.4, 0.5) is 0 Å². The minimum atomic E-state index is -1.73. The normalized spacial score (nSPS) is 18.8. The third-order valence-corrected chi connectivity index (χ3v) is 4.06. The molecule has 2 amide bonds. The first-order valence-electron chi connectivity index (χ1n) is 7.96. The maximum absolute atomic E-state index is 12.6. The van der Waals surface area contributed by atoms with Gasteiger partial charge in [-0.3, -0.25) is 19.3 Å². The molecule has 0 radical (unpaired) electrons. The largest absolute Gasteiger partial charge is 0.464 e. The summed E-state index contributed by atoms with van der Waals surface area (Å²) in [6.45, 7) is 3.38. The van der Waals surface area contributed by atoms with E-state index < -0.39 is 23.4 Å². The van der Waals surface area contributed by atoms with Crippen molar-refractivity contribution in [2.45, 2.75) is 26.1 Å². The molecule has 1 heterocycles. The highest BCUT2D eigenvalue weighted by molar-refractivity contribution is 6.15. The number of carbonyl (C=O) groups is 3. The molecule has 1 unspecified atom stereocenters. The Morgan fingerprint density at radius 1 is 1.19 bits per heavy atom. The average molecular weight is 362 g/mol. The van der Waals surface area contributed by atoms with Gasteiger partial charge in [0.05, 0.1) is 20.3 Å². The molecule has 1 fully saturated rings. The highest BCUT2D eigenvalue weighted by atomic mass is 16.7. The van der Waals surface area contributed by atoms with Crippen LogP contribution >= 0.6 is 0 Å². The van der Waals surface area contributed by atoms with Crippen LogP contribution in [0.15, 0.2) is 41.6 Å². The Hall–Kier alpha value is -2.71. The van der Waals surface area contributed by atoms with Gasteiger partial charge in [-0.1, -0.05) is 30.3 Å². The van der Waals surface area contributed by atoms with Gasteiger partial charge in [0.25, 0.3) is 11.8 Å². The molecule has 0 aromatic heterocycles. The lowest BCUT2D eigenvalue weighted by Gasteiger charge is -2.46. The molecule has 0 spiro atoms. The van der Waals surface area contributed by atoms with Crippen LogP contribution < -0.4 is 5.48 Å². The summed E-state index contributed by atoms with van der Waals surface area (Å²) in [7, 11) is 2.48. The Morgan fingerprint density at radius 2 is 1.85 bits per heavy atom. The van der Waals surface area contributed by atoms with E-state index in [1.807, 2.05) is 30.3 Å².